The SMILES string of the molecule is CCC1CNC(CC(C)C)CN1CC=C(C)C. The second kappa shape index (κ2) is 7.17. The van der Waals surface area contributed by atoms with Crippen LogP contribution >= 0.6 is 0 Å². The summed E-state index contributed by atoms with van der Waals surface area (Å²) in [4.78, 5) is 2.65. The second-order valence-corrected chi connectivity index (χ2v) is 6.03. The van der Waals surface area contributed by atoms with Gasteiger partial charge < -0.3 is 5.32 Å². The Hall–Kier alpha value is -0.340. The maximum Gasteiger partial charge on any atom is 0.0222 e. The molecule has 2 atom stereocenters. The number of nitrogens with one attached hydrogen (secondary N) is 1. The van der Waals surface area contributed by atoms with Crippen LogP contribution < -0.4 is 5.32 Å². The summed E-state index contributed by atoms with van der Waals surface area (Å²) < 4.78 is 0. The normalized spacial score (nSPS) is 26.2. The molecule has 1 rings (SSSR count). The number of hydrogen-bond donors (Lipinski definition) is 1. The minimum atomic E-state index is 0.684. The maximum absolute atomic E-state index is 3.71. The Morgan fingerprint density at radius 3 is 2.65 bits per heavy atom. The third-order valence-corrected chi connectivity index (χ3v) is 3.57. The lowest BCUT2D eigenvalue weighted by Gasteiger charge is -2.40. The fourth-order valence-corrected chi connectivity index (χ4v) is 2.58. The summed E-state index contributed by atoms with van der Waals surface area (Å²) in [6, 6.07) is 1.40. The Kier molecular flexibility index (Phi) is 6.21. The van der Waals surface area contributed by atoms with E-state index in [9.17, 15) is 0 Å². The van der Waals surface area contributed by atoms with E-state index in [2.05, 4.69) is 50.9 Å². The van der Waals surface area contributed by atoms with Crippen molar-refractivity contribution in [2.75, 3.05) is 19.6 Å². The van der Waals surface area contributed by atoms with Gasteiger partial charge in [-0.1, -0.05) is 32.4 Å². The fourth-order valence-electron chi connectivity index (χ4n) is 2.58. The van der Waals surface area contributed by atoms with Gasteiger partial charge in [-0.3, -0.25) is 4.90 Å². The molecule has 0 aliphatic carbocycles. The van der Waals surface area contributed by atoms with E-state index in [4.69, 9.17) is 0 Å². The maximum atomic E-state index is 3.71. The fraction of sp³-hybridized carbons (Fsp3) is 0.867. The van der Waals surface area contributed by atoms with E-state index in [1.165, 1.54) is 25.0 Å². The third kappa shape index (κ3) is 5.22. The van der Waals surface area contributed by atoms with Crippen molar-refractivity contribution in [3.8, 4) is 0 Å². The van der Waals surface area contributed by atoms with Crippen LogP contribution in [0.4, 0.5) is 0 Å². The minimum Gasteiger partial charge on any atom is -0.311 e. The van der Waals surface area contributed by atoms with Crippen molar-refractivity contribution >= 4 is 0 Å². The molecular weight excluding hydrogens is 208 g/mol. The Labute approximate surface area is 107 Å². The quantitative estimate of drug-likeness (QED) is 0.741. The van der Waals surface area contributed by atoms with E-state index in [-0.39, 0.29) is 0 Å². The van der Waals surface area contributed by atoms with Crippen LogP contribution in [-0.4, -0.2) is 36.6 Å². The number of hydrogen-bond acceptors (Lipinski definition) is 2. The van der Waals surface area contributed by atoms with Crippen molar-refractivity contribution in [1.29, 1.82) is 0 Å². The molecule has 0 amide bonds. The molecule has 17 heavy (non-hydrogen) atoms. The standard InChI is InChI=1S/C15H30N2/c1-6-15-10-16-14(9-13(4)5)11-17(15)8-7-12(2)3/h7,13-16H,6,8-11H2,1-5H3. The molecule has 1 fully saturated rings. The Balaban J connectivity index is 2.52. The predicted octanol–water partition coefficient (Wildman–Crippen LogP) is 3.05. The molecule has 1 heterocycles. The first-order valence-corrected chi connectivity index (χ1v) is 7.13. The van der Waals surface area contributed by atoms with Gasteiger partial charge in [0.25, 0.3) is 0 Å². The largest absolute Gasteiger partial charge is 0.311 e. The van der Waals surface area contributed by atoms with Crippen LogP contribution in [0.5, 0.6) is 0 Å². The van der Waals surface area contributed by atoms with Gasteiger partial charge >= 0.3 is 0 Å². The molecule has 1 aliphatic rings. The van der Waals surface area contributed by atoms with Crippen LogP contribution in [0, 0.1) is 5.92 Å². The minimum absolute atomic E-state index is 0.684. The van der Waals surface area contributed by atoms with E-state index in [1.54, 1.807) is 0 Å². The van der Waals surface area contributed by atoms with Crippen LogP contribution in [0.3, 0.4) is 0 Å². The highest BCUT2D eigenvalue weighted by Gasteiger charge is 2.25. The summed E-state index contributed by atoms with van der Waals surface area (Å²) in [7, 11) is 0. The van der Waals surface area contributed by atoms with Crippen LogP contribution in [0.2, 0.25) is 0 Å². The van der Waals surface area contributed by atoms with E-state index in [0.29, 0.717) is 12.1 Å². The molecule has 100 valence electrons. The van der Waals surface area contributed by atoms with Crippen molar-refractivity contribution in [2.24, 2.45) is 5.92 Å². The number of nitrogens with zero attached hydrogens (tertiary/aromatic N) is 1. The first-order valence-electron chi connectivity index (χ1n) is 7.13. The van der Waals surface area contributed by atoms with Gasteiger partial charge in [-0.05, 0) is 32.6 Å². The monoisotopic (exact) mass is 238 g/mol. The van der Waals surface area contributed by atoms with Gasteiger partial charge in [-0.25, -0.2) is 0 Å². The first kappa shape index (κ1) is 14.7. The summed E-state index contributed by atoms with van der Waals surface area (Å²) in [6.07, 6.45) is 4.90. The predicted molar refractivity (Wildman–Crippen MR) is 76.3 cm³/mol. The van der Waals surface area contributed by atoms with Gasteiger partial charge in [0.2, 0.25) is 0 Å². The molecule has 0 radical (unpaired) electrons. The molecular formula is C15H30N2. The van der Waals surface area contributed by atoms with Crippen LogP contribution in [0.15, 0.2) is 11.6 Å². The van der Waals surface area contributed by atoms with Gasteiger partial charge in [0.05, 0.1) is 0 Å². The van der Waals surface area contributed by atoms with Gasteiger partial charge in [-0.15, -0.1) is 0 Å². The molecule has 1 saturated heterocycles. The Morgan fingerprint density at radius 2 is 2.12 bits per heavy atom. The van der Waals surface area contributed by atoms with E-state index >= 15 is 0 Å². The first-order chi connectivity index (χ1) is 8.02. The van der Waals surface area contributed by atoms with Gasteiger partial charge in [0.15, 0.2) is 0 Å². The summed E-state index contributed by atoms with van der Waals surface area (Å²) in [5.41, 5.74) is 1.43. The molecule has 1 aliphatic heterocycles. The van der Waals surface area contributed by atoms with Crippen molar-refractivity contribution in [1.82, 2.24) is 10.2 Å². The summed E-state index contributed by atoms with van der Waals surface area (Å²) in [5, 5.41) is 3.71. The van der Waals surface area contributed by atoms with Crippen molar-refractivity contribution < 1.29 is 0 Å². The number of allylic oxidation sites excluding steroid dienone is 1. The zero-order valence-corrected chi connectivity index (χ0v) is 12.3. The van der Waals surface area contributed by atoms with Gasteiger partial charge in [0.1, 0.15) is 0 Å². The molecule has 2 nitrogen and oxygen atoms in total. The summed E-state index contributed by atoms with van der Waals surface area (Å²) >= 11 is 0. The topological polar surface area (TPSA) is 15.3 Å². The smallest absolute Gasteiger partial charge is 0.0222 e. The molecule has 0 aromatic rings. The van der Waals surface area contributed by atoms with Gasteiger partial charge in [0, 0.05) is 31.7 Å². The lowest BCUT2D eigenvalue weighted by Crippen LogP contribution is -2.56. The van der Waals surface area contributed by atoms with Crippen LogP contribution in [-0.2, 0) is 0 Å². The lowest BCUT2D eigenvalue weighted by atomic mass is 9.99. The third-order valence-electron chi connectivity index (χ3n) is 3.57. The van der Waals surface area contributed by atoms with Gasteiger partial charge in [-0.2, -0.15) is 0 Å². The van der Waals surface area contributed by atoms with Crippen LogP contribution in [0.1, 0.15) is 47.5 Å². The van der Waals surface area contributed by atoms with Crippen molar-refractivity contribution in [2.45, 2.75) is 59.5 Å². The molecule has 0 spiro atoms. The van der Waals surface area contributed by atoms with Crippen LogP contribution in [0.25, 0.3) is 0 Å². The average Bonchev–Trinajstić information content (AvgIpc) is 2.25. The molecule has 0 saturated carbocycles. The van der Waals surface area contributed by atoms with E-state index in [0.717, 1.165) is 19.0 Å². The molecule has 0 aromatic heterocycles. The molecule has 0 aromatic carbocycles. The Bertz CT molecular complexity index is 241. The zero-order valence-electron chi connectivity index (χ0n) is 12.3. The molecule has 1 N–H and O–H groups in total. The average molecular weight is 238 g/mol. The number of rotatable bonds is 5. The molecule has 2 heteroatoms. The second-order valence-electron chi connectivity index (χ2n) is 6.03. The lowest BCUT2D eigenvalue weighted by molar-refractivity contribution is 0.132. The van der Waals surface area contributed by atoms with Crippen molar-refractivity contribution in [3.05, 3.63) is 11.6 Å². The molecule has 2 unspecified atom stereocenters. The highest BCUT2D eigenvalue weighted by molar-refractivity contribution is 4.97. The Morgan fingerprint density at radius 1 is 1.41 bits per heavy atom. The van der Waals surface area contributed by atoms with E-state index in [1.807, 2.05) is 0 Å². The highest BCUT2D eigenvalue weighted by Crippen LogP contribution is 2.15. The van der Waals surface area contributed by atoms with E-state index < -0.39 is 0 Å². The van der Waals surface area contributed by atoms with Crippen molar-refractivity contribution in [3.63, 3.8) is 0 Å². The highest BCUT2D eigenvalue weighted by atomic mass is 15.2. The molecule has 0 bridgehead atoms. The number of piperazine rings is 1. The summed E-state index contributed by atoms with van der Waals surface area (Å²) in [5.74, 6) is 0.788. The summed E-state index contributed by atoms with van der Waals surface area (Å²) in [6.45, 7) is 14.8. The zero-order chi connectivity index (χ0) is 12.8.